The number of methoxy groups -OCH3 is 1. The fourth-order valence-corrected chi connectivity index (χ4v) is 2.60. The maximum Gasteiger partial charge on any atom is 0.281 e. The molecular formula is C19H13N3O4. The first-order valence-electron chi connectivity index (χ1n) is 7.81. The maximum atomic E-state index is 12.7. The van der Waals surface area contributed by atoms with E-state index < -0.39 is 5.56 Å². The summed E-state index contributed by atoms with van der Waals surface area (Å²) in [4.78, 5) is 32.0. The molecular weight excluding hydrogens is 334 g/mol. The van der Waals surface area contributed by atoms with Crippen molar-refractivity contribution in [1.29, 1.82) is 0 Å². The van der Waals surface area contributed by atoms with Crippen molar-refractivity contribution < 1.29 is 14.1 Å². The number of aromatic nitrogens is 3. The molecule has 0 aliphatic heterocycles. The highest BCUT2D eigenvalue weighted by Gasteiger charge is 2.22. The van der Waals surface area contributed by atoms with Crippen LogP contribution >= 0.6 is 0 Å². The third-order valence-corrected chi connectivity index (χ3v) is 3.94. The highest BCUT2D eigenvalue weighted by molar-refractivity contribution is 6.13. The minimum Gasteiger partial charge on any atom is -0.497 e. The quantitative estimate of drug-likeness (QED) is 0.570. The second kappa shape index (κ2) is 6.29. The summed E-state index contributed by atoms with van der Waals surface area (Å²) in [6.07, 6.45) is 0. The fraction of sp³-hybridized carbons (Fsp3) is 0.0526. The molecule has 2 aromatic carbocycles. The van der Waals surface area contributed by atoms with Gasteiger partial charge in [-0.3, -0.25) is 9.59 Å². The van der Waals surface area contributed by atoms with Crippen LogP contribution in [0.25, 0.3) is 22.4 Å². The van der Waals surface area contributed by atoms with Gasteiger partial charge in [0.05, 0.1) is 7.11 Å². The van der Waals surface area contributed by atoms with Gasteiger partial charge < -0.3 is 14.2 Å². The largest absolute Gasteiger partial charge is 0.497 e. The van der Waals surface area contributed by atoms with E-state index in [4.69, 9.17) is 9.26 Å². The van der Waals surface area contributed by atoms with Crippen molar-refractivity contribution in [3.8, 4) is 17.1 Å². The normalized spacial score (nSPS) is 10.8. The summed E-state index contributed by atoms with van der Waals surface area (Å²) in [7, 11) is 1.57. The van der Waals surface area contributed by atoms with E-state index in [2.05, 4.69) is 15.1 Å². The molecule has 2 aromatic heterocycles. The second-order valence-electron chi connectivity index (χ2n) is 5.55. The Labute approximate surface area is 147 Å². The average Bonchev–Trinajstić information content (AvgIpc) is 3.13. The molecule has 1 N–H and O–H groups in total. The van der Waals surface area contributed by atoms with Crippen molar-refractivity contribution in [3.63, 3.8) is 0 Å². The van der Waals surface area contributed by atoms with Crippen LogP contribution < -0.4 is 10.3 Å². The number of rotatable bonds is 4. The molecule has 4 aromatic rings. The van der Waals surface area contributed by atoms with Gasteiger partial charge in [0.15, 0.2) is 5.52 Å². The van der Waals surface area contributed by atoms with Crippen LogP contribution in [-0.2, 0) is 0 Å². The van der Waals surface area contributed by atoms with Crippen LogP contribution in [0.4, 0.5) is 0 Å². The Balaban J connectivity index is 1.85. The third-order valence-electron chi connectivity index (χ3n) is 3.94. The van der Waals surface area contributed by atoms with Crippen molar-refractivity contribution in [3.05, 3.63) is 76.3 Å². The summed E-state index contributed by atoms with van der Waals surface area (Å²) in [5.41, 5.74) is 0.745. The molecule has 0 aliphatic carbocycles. The number of fused-ring (bicyclic) bond motifs is 1. The van der Waals surface area contributed by atoms with Crippen molar-refractivity contribution in [2.24, 2.45) is 0 Å². The van der Waals surface area contributed by atoms with Gasteiger partial charge in [-0.15, -0.1) is 0 Å². The lowest BCUT2D eigenvalue weighted by Gasteiger charge is -2.03. The summed E-state index contributed by atoms with van der Waals surface area (Å²) in [5.74, 6) is 0.552. The zero-order valence-corrected chi connectivity index (χ0v) is 13.7. The molecule has 7 heteroatoms. The van der Waals surface area contributed by atoms with Gasteiger partial charge in [-0.1, -0.05) is 35.5 Å². The molecule has 26 heavy (non-hydrogen) atoms. The van der Waals surface area contributed by atoms with E-state index in [-0.39, 0.29) is 22.6 Å². The Hall–Kier alpha value is -3.74. The Kier molecular flexibility index (Phi) is 3.81. The molecule has 0 saturated carbocycles. The number of ketones is 1. The highest BCUT2D eigenvalue weighted by Crippen LogP contribution is 2.22. The van der Waals surface area contributed by atoms with Crippen molar-refractivity contribution in [2.45, 2.75) is 0 Å². The van der Waals surface area contributed by atoms with Crippen molar-refractivity contribution >= 4 is 16.8 Å². The van der Waals surface area contributed by atoms with E-state index in [1.54, 1.807) is 61.7 Å². The Morgan fingerprint density at radius 2 is 1.77 bits per heavy atom. The molecule has 128 valence electrons. The van der Waals surface area contributed by atoms with Crippen LogP contribution in [0.2, 0.25) is 0 Å². The Morgan fingerprint density at radius 1 is 1.04 bits per heavy atom. The minimum atomic E-state index is -0.475. The number of benzene rings is 2. The first-order chi connectivity index (χ1) is 12.7. The van der Waals surface area contributed by atoms with Crippen molar-refractivity contribution in [2.75, 3.05) is 7.11 Å². The summed E-state index contributed by atoms with van der Waals surface area (Å²) >= 11 is 0. The molecule has 0 amide bonds. The zero-order chi connectivity index (χ0) is 18.1. The molecule has 7 nitrogen and oxygen atoms in total. The van der Waals surface area contributed by atoms with Gasteiger partial charge in [0.25, 0.3) is 5.56 Å². The second-order valence-corrected chi connectivity index (χ2v) is 5.55. The monoisotopic (exact) mass is 347 g/mol. The van der Waals surface area contributed by atoms with Gasteiger partial charge in [0.1, 0.15) is 17.1 Å². The molecule has 0 radical (unpaired) electrons. The van der Waals surface area contributed by atoms with Crippen LogP contribution in [0.1, 0.15) is 16.1 Å². The summed E-state index contributed by atoms with van der Waals surface area (Å²) in [6.45, 7) is 0. The lowest BCUT2D eigenvalue weighted by molar-refractivity contribution is 0.100. The zero-order valence-electron chi connectivity index (χ0n) is 13.7. The SMILES string of the molecule is COc1ccc(-c2nc3c(C(=O)c4ccccc4)onc3c(=O)[nH]2)cc1. The van der Waals surface area contributed by atoms with Crippen LogP contribution in [0.3, 0.4) is 0 Å². The number of ether oxygens (including phenoxy) is 1. The van der Waals surface area contributed by atoms with E-state index >= 15 is 0 Å². The van der Waals surface area contributed by atoms with Gasteiger partial charge in [-0.25, -0.2) is 4.98 Å². The number of carbonyl (C=O) groups excluding carboxylic acids is 1. The number of hydrogen-bond acceptors (Lipinski definition) is 6. The summed E-state index contributed by atoms with van der Waals surface area (Å²) in [6, 6.07) is 15.6. The van der Waals surface area contributed by atoms with Gasteiger partial charge in [0.2, 0.25) is 11.5 Å². The smallest absolute Gasteiger partial charge is 0.281 e. The maximum absolute atomic E-state index is 12.7. The minimum absolute atomic E-state index is 0.0125. The standard InChI is InChI=1S/C19H13N3O4/c1-25-13-9-7-12(8-10-13)18-20-14-15(19(24)21-18)22-26-17(14)16(23)11-5-3-2-4-6-11/h2-10H,1H3,(H,20,21,24). The molecule has 0 atom stereocenters. The number of H-pyrrole nitrogens is 1. The predicted molar refractivity (Wildman–Crippen MR) is 94.3 cm³/mol. The van der Waals surface area contributed by atoms with Gasteiger partial charge in [-0.05, 0) is 24.3 Å². The number of carbonyl (C=O) groups is 1. The molecule has 0 unspecified atom stereocenters. The third kappa shape index (κ3) is 2.65. The van der Waals surface area contributed by atoms with E-state index in [1.165, 1.54) is 0 Å². The van der Waals surface area contributed by atoms with E-state index in [0.717, 1.165) is 0 Å². The molecule has 4 rings (SSSR count). The van der Waals surface area contributed by atoms with Crippen LogP contribution in [-0.4, -0.2) is 28.0 Å². The molecule has 2 heterocycles. The average molecular weight is 347 g/mol. The first kappa shape index (κ1) is 15.8. The topological polar surface area (TPSA) is 98.1 Å². The van der Waals surface area contributed by atoms with E-state index in [9.17, 15) is 9.59 Å². The first-order valence-corrected chi connectivity index (χ1v) is 7.81. The number of aromatic amines is 1. The van der Waals surface area contributed by atoms with Crippen molar-refractivity contribution in [1.82, 2.24) is 15.1 Å². The highest BCUT2D eigenvalue weighted by atomic mass is 16.5. The summed E-state index contributed by atoms with van der Waals surface area (Å²) < 4.78 is 10.3. The van der Waals surface area contributed by atoms with Gasteiger partial charge in [-0.2, -0.15) is 0 Å². The molecule has 0 fully saturated rings. The van der Waals surface area contributed by atoms with Crippen LogP contribution in [0.5, 0.6) is 5.75 Å². The number of nitrogens with one attached hydrogen (secondary N) is 1. The molecule has 0 bridgehead atoms. The molecule has 0 saturated heterocycles. The number of hydrogen-bond donors (Lipinski definition) is 1. The van der Waals surface area contributed by atoms with E-state index in [0.29, 0.717) is 22.7 Å². The van der Waals surface area contributed by atoms with Crippen LogP contribution in [0.15, 0.2) is 63.9 Å². The lowest BCUT2D eigenvalue weighted by Crippen LogP contribution is -2.10. The molecule has 0 aliphatic rings. The van der Waals surface area contributed by atoms with Gasteiger partial charge >= 0.3 is 0 Å². The van der Waals surface area contributed by atoms with E-state index in [1.807, 2.05) is 0 Å². The number of nitrogens with zero attached hydrogens (tertiary/aromatic N) is 2. The fourth-order valence-electron chi connectivity index (χ4n) is 2.60. The molecule has 0 spiro atoms. The Bertz CT molecular complexity index is 1150. The van der Waals surface area contributed by atoms with Crippen LogP contribution in [0, 0.1) is 0 Å². The Morgan fingerprint density at radius 3 is 2.46 bits per heavy atom. The lowest BCUT2D eigenvalue weighted by atomic mass is 10.1. The van der Waals surface area contributed by atoms with Gasteiger partial charge in [0, 0.05) is 11.1 Å². The summed E-state index contributed by atoms with van der Waals surface area (Å²) in [5, 5.41) is 3.70. The predicted octanol–water partition coefficient (Wildman–Crippen LogP) is 2.82.